The van der Waals surface area contributed by atoms with E-state index in [0.29, 0.717) is 0 Å². The highest BCUT2D eigenvalue weighted by molar-refractivity contribution is 5.11. The first kappa shape index (κ1) is 27.2. The Balaban J connectivity index is 5.93. The second-order valence-electron chi connectivity index (χ2n) is 6.62. The number of rotatable bonds is 13. The first-order valence-corrected chi connectivity index (χ1v) is 8.64. The van der Waals surface area contributed by atoms with Gasteiger partial charge >= 0.3 is 35.5 Å². The molecule has 0 aliphatic heterocycles. The van der Waals surface area contributed by atoms with Crippen molar-refractivity contribution in [2.24, 2.45) is 0 Å². The Bertz CT molecular complexity index is 440. The second kappa shape index (κ2) is 8.89. The molecular formula is C16H22F12. The number of alkyl halides is 12. The molecule has 28 heavy (non-hydrogen) atoms. The molecule has 0 rings (SSSR count). The fourth-order valence-electron chi connectivity index (χ4n) is 2.36. The van der Waals surface area contributed by atoms with Crippen molar-refractivity contribution in [1.82, 2.24) is 0 Å². The molecule has 12 heteroatoms. The van der Waals surface area contributed by atoms with Gasteiger partial charge in [-0.2, -0.15) is 52.7 Å². The van der Waals surface area contributed by atoms with Crippen LogP contribution in [-0.2, 0) is 0 Å². The van der Waals surface area contributed by atoms with Crippen LogP contribution in [0.15, 0.2) is 0 Å². The van der Waals surface area contributed by atoms with Crippen molar-refractivity contribution in [3.05, 3.63) is 0 Å². The monoisotopic (exact) mass is 442 g/mol. The van der Waals surface area contributed by atoms with Gasteiger partial charge in [0.15, 0.2) is 0 Å². The zero-order valence-corrected chi connectivity index (χ0v) is 15.2. The lowest BCUT2D eigenvalue weighted by Crippen LogP contribution is -2.70. The van der Waals surface area contributed by atoms with Gasteiger partial charge in [-0.3, -0.25) is 0 Å². The Labute approximate surface area is 154 Å². The average molecular weight is 442 g/mol. The Morgan fingerprint density at radius 1 is 0.393 bits per heavy atom. The van der Waals surface area contributed by atoms with Gasteiger partial charge < -0.3 is 0 Å². The average Bonchev–Trinajstić information content (AvgIpc) is 2.54. The minimum Gasteiger partial charge on any atom is -0.200 e. The van der Waals surface area contributed by atoms with Crippen molar-refractivity contribution >= 4 is 0 Å². The van der Waals surface area contributed by atoms with Gasteiger partial charge in [-0.15, -0.1) is 0 Å². The van der Waals surface area contributed by atoms with Crippen LogP contribution in [0.2, 0.25) is 0 Å². The number of halogens is 12. The van der Waals surface area contributed by atoms with Crippen molar-refractivity contribution in [3.8, 4) is 0 Å². The minimum atomic E-state index is -7.44. The third-order valence-electron chi connectivity index (χ3n) is 4.29. The smallest absolute Gasteiger partial charge is 0.200 e. The molecule has 0 bridgehead atoms. The fraction of sp³-hybridized carbons (Fsp3) is 1.00. The van der Waals surface area contributed by atoms with Gasteiger partial charge in [0.25, 0.3) is 0 Å². The minimum absolute atomic E-state index is 0.153. The van der Waals surface area contributed by atoms with Crippen LogP contribution in [0.3, 0.4) is 0 Å². The predicted molar refractivity (Wildman–Crippen MR) is 78.0 cm³/mol. The van der Waals surface area contributed by atoms with E-state index in [4.69, 9.17) is 0 Å². The summed E-state index contributed by atoms with van der Waals surface area (Å²) in [6, 6.07) is 0. The van der Waals surface area contributed by atoms with E-state index in [9.17, 15) is 52.7 Å². The van der Waals surface area contributed by atoms with Crippen LogP contribution < -0.4 is 0 Å². The molecule has 0 aromatic carbocycles. The lowest BCUT2D eigenvalue weighted by Gasteiger charge is -2.41. The molecule has 0 aromatic heterocycles. The largest absolute Gasteiger partial charge is 0.384 e. The van der Waals surface area contributed by atoms with Crippen molar-refractivity contribution < 1.29 is 52.7 Å². The summed E-state index contributed by atoms with van der Waals surface area (Å²) in [5, 5.41) is 0. The lowest BCUT2D eigenvalue weighted by atomic mass is 9.88. The normalized spacial score (nSPS) is 15.2. The van der Waals surface area contributed by atoms with E-state index in [1.54, 1.807) is 0 Å². The summed E-state index contributed by atoms with van der Waals surface area (Å²) >= 11 is 0. The highest BCUT2D eigenvalue weighted by Gasteiger charge is 2.89. The summed E-state index contributed by atoms with van der Waals surface area (Å²) in [6.45, 7) is 2.86. The highest BCUT2D eigenvalue weighted by atomic mass is 19.4. The van der Waals surface area contributed by atoms with Gasteiger partial charge in [0.1, 0.15) is 0 Å². The van der Waals surface area contributed by atoms with Crippen molar-refractivity contribution in [1.29, 1.82) is 0 Å². The Hall–Kier alpha value is -0.840. The van der Waals surface area contributed by atoms with Crippen molar-refractivity contribution in [3.63, 3.8) is 0 Å². The summed E-state index contributed by atoms with van der Waals surface area (Å²) in [5.41, 5.74) is 0. The predicted octanol–water partition coefficient (Wildman–Crippen LogP) is 7.96. The molecular weight excluding hydrogens is 420 g/mol. The van der Waals surface area contributed by atoms with Crippen LogP contribution in [0.25, 0.3) is 0 Å². The molecule has 0 heterocycles. The SMILES string of the molecule is CCCCCC(F)(F)C(F)(F)C(F)(F)C(F)(F)C(F)(F)C(F)(F)CCCCC. The third-order valence-corrected chi connectivity index (χ3v) is 4.29. The Morgan fingerprint density at radius 3 is 0.857 bits per heavy atom. The molecule has 0 atom stereocenters. The van der Waals surface area contributed by atoms with Crippen LogP contribution in [0.4, 0.5) is 52.7 Å². The van der Waals surface area contributed by atoms with Crippen LogP contribution in [0.5, 0.6) is 0 Å². The van der Waals surface area contributed by atoms with E-state index in [1.807, 2.05) is 0 Å². The van der Waals surface area contributed by atoms with Gasteiger partial charge in [-0.25, -0.2) is 0 Å². The first-order chi connectivity index (χ1) is 12.4. The molecule has 0 aliphatic carbocycles. The molecule has 0 radical (unpaired) electrons. The fourth-order valence-corrected chi connectivity index (χ4v) is 2.36. The summed E-state index contributed by atoms with van der Waals surface area (Å²) in [5.74, 6) is -40.5. The Kier molecular flexibility index (Phi) is 8.62. The van der Waals surface area contributed by atoms with Crippen molar-refractivity contribution in [2.45, 2.75) is 101 Å². The number of unbranched alkanes of at least 4 members (excludes halogenated alkanes) is 4. The molecule has 0 spiro atoms. The van der Waals surface area contributed by atoms with Gasteiger partial charge in [-0.05, 0) is 12.8 Å². The third kappa shape index (κ3) is 4.66. The van der Waals surface area contributed by atoms with Gasteiger partial charge in [0, 0.05) is 12.8 Å². The van der Waals surface area contributed by atoms with E-state index in [0.717, 1.165) is 0 Å². The standard InChI is InChI=1S/C16H22F12/c1-3-5-7-9-11(17,18)13(21,22)15(25,26)16(27,28)14(23,24)12(19,20)10-8-6-4-2/h3-10H2,1-2H3. The molecule has 0 saturated heterocycles. The topological polar surface area (TPSA) is 0 Å². The maximum Gasteiger partial charge on any atom is 0.384 e. The zero-order valence-electron chi connectivity index (χ0n) is 15.2. The van der Waals surface area contributed by atoms with E-state index in [1.165, 1.54) is 13.8 Å². The van der Waals surface area contributed by atoms with Crippen LogP contribution in [-0.4, -0.2) is 35.5 Å². The molecule has 0 aromatic rings. The molecule has 0 fully saturated rings. The van der Waals surface area contributed by atoms with Gasteiger partial charge in [0.2, 0.25) is 0 Å². The molecule has 0 amide bonds. The molecule has 170 valence electrons. The molecule has 0 saturated carbocycles. The summed E-state index contributed by atoms with van der Waals surface area (Å²) in [7, 11) is 0. The highest BCUT2D eigenvalue weighted by Crippen LogP contribution is 2.61. The first-order valence-electron chi connectivity index (χ1n) is 8.64. The summed E-state index contributed by atoms with van der Waals surface area (Å²) in [6.07, 6.45) is -5.53. The summed E-state index contributed by atoms with van der Waals surface area (Å²) < 4.78 is 163. The number of hydrogen-bond donors (Lipinski definition) is 0. The molecule has 0 nitrogen and oxygen atoms in total. The maximum absolute atomic E-state index is 13.6. The van der Waals surface area contributed by atoms with Crippen LogP contribution in [0, 0.1) is 0 Å². The van der Waals surface area contributed by atoms with E-state index < -0.39 is 61.2 Å². The molecule has 0 unspecified atom stereocenters. The van der Waals surface area contributed by atoms with Gasteiger partial charge in [-0.1, -0.05) is 39.5 Å². The molecule has 0 aliphatic rings. The van der Waals surface area contributed by atoms with E-state index in [-0.39, 0.29) is 25.7 Å². The van der Waals surface area contributed by atoms with Crippen LogP contribution >= 0.6 is 0 Å². The Morgan fingerprint density at radius 2 is 0.643 bits per heavy atom. The quantitative estimate of drug-likeness (QED) is 0.201. The number of hydrogen-bond acceptors (Lipinski definition) is 0. The van der Waals surface area contributed by atoms with Crippen LogP contribution in [0.1, 0.15) is 65.2 Å². The zero-order chi connectivity index (χ0) is 22.7. The molecule has 0 N–H and O–H groups in total. The van der Waals surface area contributed by atoms with E-state index in [2.05, 4.69) is 0 Å². The van der Waals surface area contributed by atoms with Gasteiger partial charge in [0.05, 0.1) is 0 Å². The van der Waals surface area contributed by atoms with Crippen molar-refractivity contribution in [2.75, 3.05) is 0 Å². The van der Waals surface area contributed by atoms with E-state index >= 15 is 0 Å². The maximum atomic E-state index is 13.6. The lowest BCUT2D eigenvalue weighted by molar-refractivity contribution is -0.425. The second-order valence-corrected chi connectivity index (χ2v) is 6.62. The summed E-state index contributed by atoms with van der Waals surface area (Å²) in [4.78, 5) is 0.